The van der Waals surface area contributed by atoms with Gasteiger partial charge >= 0.3 is 0 Å². The van der Waals surface area contributed by atoms with Crippen LogP contribution in [0, 0.1) is 5.92 Å². The van der Waals surface area contributed by atoms with Gasteiger partial charge < -0.3 is 5.32 Å². The third-order valence-corrected chi connectivity index (χ3v) is 5.58. The Hall–Kier alpha value is -0.230. The standard InChI is InChI=1S/C11H21NO3S2/c1-2-3-4-6-16-11(13)12-8-10-5-7-17(14,15)9-10/h10H,2-9H2,1H3,(H,12,13). The second-order valence-electron chi connectivity index (χ2n) is 4.49. The molecule has 1 aliphatic rings. The minimum absolute atomic E-state index is 0.0228. The van der Waals surface area contributed by atoms with E-state index in [1.165, 1.54) is 11.8 Å². The number of sulfone groups is 1. The highest BCUT2D eigenvalue weighted by Crippen LogP contribution is 2.17. The fourth-order valence-electron chi connectivity index (χ4n) is 1.83. The Kier molecular flexibility index (Phi) is 6.33. The zero-order chi connectivity index (χ0) is 12.7. The van der Waals surface area contributed by atoms with Crippen molar-refractivity contribution in [2.24, 2.45) is 5.92 Å². The lowest BCUT2D eigenvalue weighted by atomic mass is 10.1. The molecule has 1 fully saturated rings. The van der Waals surface area contributed by atoms with Gasteiger partial charge in [-0.3, -0.25) is 4.79 Å². The van der Waals surface area contributed by atoms with Crippen molar-refractivity contribution >= 4 is 26.8 Å². The lowest BCUT2D eigenvalue weighted by Gasteiger charge is -2.08. The number of amides is 1. The lowest BCUT2D eigenvalue weighted by Crippen LogP contribution is -2.27. The van der Waals surface area contributed by atoms with Crippen molar-refractivity contribution in [3.8, 4) is 0 Å². The molecule has 0 aromatic rings. The van der Waals surface area contributed by atoms with Crippen LogP contribution in [0.25, 0.3) is 0 Å². The second-order valence-corrected chi connectivity index (χ2v) is 7.79. The minimum Gasteiger partial charge on any atom is -0.347 e. The summed E-state index contributed by atoms with van der Waals surface area (Å²) >= 11 is 1.30. The molecule has 0 bridgehead atoms. The monoisotopic (exact) mass is 279 g/mol. The van der Waals surface area contributed by atoms with E-state index < -0.39 is 9.84 Å². The zero-order valence-corrected chi connectivity index (χ0v) is 11.9. The molecule has 6 heteroatoms. The van der Waals surface area contributed by atoms with Crippen LogP contribution in [-0.2, 0) is 9.84 Å². The number of hydrogen-bond acceptors (Lipinski definition) is 4. The number of carbonyl (C=O) groups excluding carboxylic acids is 1. The Morgan fingerprint density at radius 2 is 2.18 bits per heavy atom. The molecule has 0 aromatic carbocycles. The second kappa shape index (κ2) is 7.26. The van der Waals surface area contributed by atoms with Gasteiger partial charge in [-0.2, -0.15) is 0 Å². The van der Waals surface area contributed by atoms with Crippen LogP contribution < -0.4 is 5.32 Å². The topological polar surface area (TPSA) is 63.2 Å². The summed E-state index contributed by atoms with van der Waals surface area (Å²) < 4.78 is 22.4. The predicted octanol–water partition coefficient (Wildman–Crippen LogP) is 2.05. The molecule has 0 radical (unpaired) electrons. The van der Waals surface area contributed by atoms with E-state index in [4.69, 9.17) is 0 Å². The van der Waals surface area contributed by atoms with Crippen molar-refractivity contribution in [1.29, 1.82) is 0 Å². The van der Waals surface area contributed by atoms with Gasteiger partial charge in [-0.1, -0.05) is 31.5 Å². The van der Waals surface area contributed by atoms with Gasteiger partial charge in [-0.25, -0.2) is 8.42 Å². The Morgan fingerprint density at radius 3 is 2.76 bits per heavy atom. The number of nitrogens with one attached hydrogen (secondary N) is 1. The summed E-state index contributed by atoms with van der Waals surface area (Å²) in [6, 6.07) is 0. The quantitative estimate of drug-likeness (QED) is 0.756. The first-order valence-electron chi connectivity index (χ1n) is 6.14. The van der Waals surface area contributed by atoms with Gasteiger partial charge in [0, 0.05) is 12.3 Å². The summed E-state index contributed by atoms with van der Waals surface area (Å²) in [6.07, 6.45) is 4.05. The normalized spacial score (nSPS) is 22.5. The highest BCUT2D eigenvalue weighted by molar-refractivity contribution is 8.13. The Balaban J connectivity index is 2.08. The molecule has 4 nitrogen and oxygen atoms in total. The maximum absolute atomic E-state index is 11.4. The SMILES string of the molecule is CCCCCSC(=O)NCC1CCS(=O)(=O)C1. The summed E-state index contributed by atoms with van der Waals surface area (Å²) in [5.74, 6) is 1.47. The third-order valence-electron chi connectivity index (χ3n) is 2.84. The van der Waals surface area contributed by atoms with Gasteiger partial charge in [-0.15, -0.1) is 0 Å². The molecular formula is C11H21NO3S2. The van der Waals surface area contributed by atoms with E-state index in [1.807, 2.05) is 0 Å². The molecule has 0 aliphatic carbocycles. The molecule has 1 amide bonds. The van der Waals surface area contributed by atoms with Crippen LogP contribution in [0.5, 0.6) is 0 Å². The fraction of sp³-hybridized carbons (Fsp3) is 0.909. The molecule has 1 heterocycles. The van der Waals surface area contributed by atoms with E-state index in [0.29, 0.717) is 13.0 Å². The number of hydrogen-bond donors (Lipinski definition) is 1. The fourth-order valence-corrected chi connectivity index (χ4v) is 4.41. The maximum Gasteiger partial charge on any atom is 0.279 e. The summed E-state index contributed by atoms with van der Waals surface area (Å²) in [5, 5.41) is 2.78. The highest BCUT2D eigenvalue weighted by atomic mass is 32.2. The molecule has 1 atom stereocenters. The van der Waals surface area contributed by atoms with Crippen molar-refractivity contribution in [2.45, 2.75) is 32.6 Å². The molecule has 1 N–H and O–H groups in total. The molecule has 1 aliphatic heterocycles. The zero-order valence-electron chi connectivity index (χ0n) is 10.3. The summed E-state index contributed by atoms with van der Waals surface area (Å²) in [4.78, 5) is 11.4. The summed E-state index contributed by atoms with van der Waals surface area (Å²) in [5.41, 5.74) is 0. The van der Waals surface area contributed by atoms with Crippen LogP contribution in [0.15, 0.2) is 0 Å². The summed E-state index contributed by atoms with van der Waals surface area (Å²) in [6.45, 7) is 2.63. The number of rotatable bonds is 6. The average molecular weight is 279 g/mol. The van der Waals surface area contributed by atoms with Gasteiger partial charge in [0.25, 0.3) is 5.24 Å². The Bertz CT molecular complexity index is 341. The van der Waals surface area contributed by atoms with Crippen LogP contribution in [0.3, 0.4) is 0 Å². The highest BCUT2D eigenvalue weighted by Gasteiger charge is 2.27. The van der Waals surface area contributed by atoms with E-state index in [0.717, 1.165) is 25.0 Å². The first-order valence-corrected chi connectivity index (χ1v) is 8.95. The number of thioether (sulfide) groups is 1. The van der Waals surface area contributed by atoms with Gasteiger partial charge in [-0.05, 0) is 18.8 Å². The first-order chi connectivity index (χ1) is 8.03. The van der Waals surface area contributed by atoms with Gasteiger partial charge in [0.15, 0.2) is 9.84 Å². The average Bonchev–Trinajstić information content (AvgIpc) is 2.62. The van der Waals surface area contributed by atoms with Crippen LogP contribution in [0.4, 0.5) is 4.79 Å². The molecule has 17 heavy (non-hydrogen) atoms. The Morgan fingerprint density at radius 1 is 1.41 bits per heavy atom. The largest absolute Gasteiger partial charge is 0.347 e. The molecule has 100 valence electrons. The summed E-state index contributed by atoms with van der Waals surface area (Å²) in [7, 11) is -2.83. The van der Waals surface area contributed by atoms with E-state index >= 15 is 0 Å². The molecule has 0 spiro atoms. The molecule has 1 unspecified atom stereocenters. The maximum atomic E-state index is 11.4. The van der Waals surface area contributed by atoms with E-state index in [-0.39, 0.29) is 22.7 Å². The molecule has 0 saturated carbocycles. The lowest BCUT2D eigenvalue weighted by molar-refractivity contribution is 0.259. The van der Waals surface area contributed by atoms with Crippen LogP contribution in [0.2, 0.25) is 0 Å². The first kappa shape index (κ1) is 14.8. The number of carbonyl (C=O) groups is 1. The van der Waals surface area contributed by atoms with Crippen LogP contribution in [0.1, 0.15) is 32.6 Å². The van der Waals surface area contributed by atoms with Gasteiger partial charge in [0.1, 0.15) is 0 Å². The van der Waals surface area contributed by atoms with Gasteiger partial charge in [0.05, 0.1) is 11.5 Å². The van der Waals surface area contributed by atoms with E-state index in [9.17, 15) is 13.2 Å². The molecular weight excluding hydrogens is 258 g/mol. The molecule has 0 aromatic heterocycles. The van der Waals surface area contributed by atoms with E-state index in [2.05, 4.69) is 12.2 Å². The third kappa shape index (κ3) is 6.31. The van der Waals surface area contributed by atoms with Crippen molar-refractivity contribution in [2.75, 3.05) is 23.8 Å². The number of unbranched alkanes of at least 4 members (excludes halogenated alkanes) is 2. The van der Waals surface area contributed by atoms with Crippen molar-refractivity contribution in [3.63, 3.8) is 0 Å². The smallest absolute Gasteiger partial charge is 0.279 e. The van der Waals surface area contributed by atoms with Gasteiger partial charge in [0.2, 0.25) is 0 Å². The molecule has 1 saturated heterocycles. The van der Waals surface area contributed by atoms with Crippen LogP contribution in [-0.4, -0.2) is 37.5 Å². The van der Waals surface area contributed by atoms with Crippen LogP contribution >= 0.6 is 11.8 Å². The van der Waals surface area contributed by atoms with Crippen molar-refractivity contribution in [3.05, 3.63) is 0 Å². The van der Waals surface area contributed by atoms with Crippen molar-refractivity contribution in [1.82, 2.24) is 5.32 Å². The van der Waals surface area contributed by atoms with Crippen molar-refractivity contribution < 1.29 is 13.2 Å². The predicted molar refractivity (Wildman–Crippen MR) is 72.1 cm³/mol. The minimum atomic E-state index is -2.83. The molecule has 1 rings (SSSR count). The Labute approximate surface area is 108 Å². The van der Waals surface area contributed by atoms with E-state index in [1.54, 1.807) is 0 Å².